The second kappa shape index (κ2) is 7.84. The smallest absolute Gasteiger partial charge is 0.331 e. The van der Waals surface area contributed by atoms with Gasteiger partial charge < -0.3 is 9.72 Å². The Kier molecular flexibility index (Phi) is 5.33. The third-order valence-electron chi connectivity index (χ3n) is 3.81. The summed E-state index contributed by atoms with van der Waals surface area (Å²) >= 11 is 5.73. The number of halogens is 1. The van der Waals surface area contributed by atoms with Crippen LogP contribution in [0, 0.1) is 10.1 Å². The molecule has 0 radical (unpaired) electrons. The highest BCUT2D eigenvalue weighted by molar-refractivity contribution is 6.32. The Morgan fingerprint density at radius 3 is 2.78 bits per heavy atom. The Bertz CT molecular complexity index is 1070. The molecule has 0 atom stereocenters. The first kappa shape index (κ1) is 18.3. The number of H-pyrrole nitrogens is 1. The number of ketones is 1. The molecule has 0 aliphatic rings. The van der Waals surface area contributed by atoms with Gasteiger partial charge in [-0.2, -0.15) is 0 Å². The van der Waals surface area contributed by atoms with Crippen molar-refractivity contribution in [3.05, 3.63) is 81.0 Å². The van der Waals surface area contributed by atoms with Gasteiger partial charge in [0.25, 0.3) is 5.69 Å². The molecule has 0 fully saturated rings. The van der Waals surface area contributed by atoms with Crippen LogP contribution in [0.5, 0.6) is 0 Å². The number of rotatable bonds is 6. The Hall–Kier alpha value is -3.45. The van der Waals surface area contributed by atoms with Gasteiger partial charge in [0, 0.05) is 34.8 Å². The molecule has 1 aromatic heterocycles. The number of ether oxygens (including phenoxy) is 1. The van der Waals surface area contributed by atoms with E-state index in [1.54, 1.807) is 12.3 Å². The molecular formula is C19H13ClN2O5. The van der Waals surface area contributed by atoms with Gasteiger partial charge in [0.1, 0.15) is 5.02 Å². The van der Waals surface area contributed by atoms with Gasteiger partial charge in [0.15, 0.2) is 6.61 Å². The van der Waals surface area contributed by atoms with Crippen LogP contribution < -0.4 is 0 Å². The van der Waals surface area contributed by atoms with E-state index in [-0.39, 0.29) is 16.5 Å². The van der Waals surface area contributed by atoms with Crippen molar-refractivity contribution in [1.82, 2.24) is 4.98 Å². The van der Waals surface area contributed by atoms with Crippen molar-refractivity contribution in [3.8, 4) is 0 Å². The summed E-state index contributed by atoms with van der Waals surface area (Å²) in [6.45, 7) is -0.411. The standard InChI is InChI=1S/C19H13ClN2O5/c20-15-7-5-12(9-17(15)22(25)26)6-8-19(24)27-11-18(23)14-10-21-16-4-2-1-3-13(14)16/h1-10,21H,11H2/b8-6+. The fourth-order valence-corrected chi connectivity index (χ4v) is 2.69. The Balaban J connectivity index is 1.63. The summed E-state index contributed by atoms with van der Waals surface area (Å²) < 4.78 is 4.95. The summed E-state index contributed by atoms with van der Waals surface area (Å²) in [5.41, 5.74) is 1.40. The monoisotopic (exact) mass is 384 g/mol. The summed E-state index contributed by atoms with van der Waals surface area (Å²) in [7, 11) is 0. The predicted molar refractivity (Wildman–Crippen MR) is 101 cm³/mol. The van der Waals surface area contributed by atoms with Crippen molar-refractivity contribution in [2.75, 3.05) is 6.61 Å². The molecule has 136 valence electrons. The summed E-state index contributed by atoms with van der Waals surface area (Å²) in [5, 5.41) is 11.6. The minimum atomic E-state index is -0.735. The maximum atomic E-state index is 12.2. The largest absolute Gasteiger partial charge is 0.454 e. The first-order chi connectivity index (χ1) is 13.0. The number of nitro benzene ring substituents is 1. The normalized spacial score (nSPS) is 11.0. The van der Waals surface area contributed by atoms with Crippen molar-refractivity contribution in [3.63, 3.8) is 0 Å². The molecule has 0 aliphatic carbocycles. The number of nitro groups is 1. The number of aromatic amines is 1. The Morgan fingerprint density at radius 2 is 2.00 bits per heavy atom. The third-order valence-corrected chi connectivity index (χ3v) is 4.13. The van der Waals surface area contributed by atoms with Crippen LogP contribution in [0.3, 0.4) is 0 Å². The van der Waals surface area contributed by atoms with Gasteiger partial charge >= 0.3 is 5.97 Å². The molecule has 1 N–H and O–H groups in total. The number of hydrogen-bond donors (Lipinski definition) is 1. The number of para-hydroxylation sites is 1. The van der Waals surface area contributed by atoms with Crippen LogP contribution in [0.25, 0.3) is 17.0 Å². The zero-order chi connectivity index (χ0) is 19.4. The maximum Gasteiger partial charge on any atom is 0.331 e. The van der Waals surface area contributed by atoms with Crippen molar-refractivity contribution in [2.24, 2.45) is 0 Å². The minimum absolute atomic E-state index is 0.00375. The summed E-state index contributed by atoms with van der Waals surface area (Å²) in [6, 6.07) is 11.4. The number of carbonyl (C=O) groups is 2. The summed E-state index contributed by atoms with van der Waals surface area (Å²) in [5.74, 6) is -1.07. The first-order valence-corrected chi connectivity index (χ1v) is 8.21. The number of hydrogen-bond acceptors (Lipinski definition) is 5. The Morgan fingerprint density at radius 1 is 1.22 bits per heavy atom. The lowest BCUT2D eigenvalue weighted by atomic mass is 10.1. The number of carbonyl (C=O) groups excluding carboxylic acids is 2. The van der Waals surface area contributed by atoms with Crippen molar-refractivity contribution in [1.29, 1.82) is 0 Å². The molecule has 1 heterocycles. The van der Waals surface area contributed by atoms with Crippen LogP contribution in [0.2, 0.25) is 5.02 Å². The predicted octanol–water partition coefficient (Wildman–Crippen LogP) is 4.17. The van der Waals surface area contributed by atoms with E-state index in [2.05, 4.69) is 4.98 Å². The zero-order valence-electron chi connectivity index (χ0n) is 13.8. The molecule has 0 amide bonds. The van der Waals surface area contributed by atoms with E-state index >= 15 is 0 Å². The molecule has 0 spiro atoms. The van der Waals surface area contributed by atoms with E-state index in [4.69, 9.17) is 16.3 Å². The van der Waals surface area contributed by atoms with Gasteiger partial charge in [-0.25, -0.2) is 4.79 Å². The van der Waals surface area contributed by atoms with Crippen LogP contribution in [-0.2, 0) is 9.53 Å². The van der Waals surface area contributed by atoms with Crippen molar-refractivity contribution < 1.29 is 19.2 Å². The molecule has 0 saturated heterocycles. The van der Waals surface area contributed by atoms with E-state index in [0.29, 0.717) is 11.1 Å². The molecule has 3 rings (SSSR count). The molecule has 2 aromatic carbocycles. The number of benzene rings is 2. The second-order valence-electron chi connectivity index (χ2n) is 5.58. The van der Waals surface area contributed by atoms with Crippen LogP contribution in [0.1, 0.15) is 15.9 Å². The second-order valence-corrected chi connectivity index (χ2v) is 5.99. The van der Waals surface area contributed by atoms with Gasteiger partial charge in [-0.1, -0.05) is 35.9 Å². The highest BCUT2D eigenvalue weighted by Gasteiger charge is 2.14. The van der Waals surface area contributed by atoms with Gasteiger partial charge in [-0.05, 0) is 23.8 Å². The quantitative estimate of drug-likeness (QED) is 0.226. The van der Waals surface area contributed by atoms with E-state index in [9.17, 15) is 19.7 Å². The molecule has 3 aromatic rings. The molecule has 0 bridgehead atoms. The highest BCUT2D eigenvalue weighted by Crippen LogP contribution is 2.25. The number of fused-ring (bicyclic) bond motifs is 1. The van der Waals surface area contributed by atoms with Gasteiger partial charge in [-0.3, -0.25) is 14.9 Å². The van der Waals surface area contributed by atoms with E-state index < -0.39 is 17.5 Å². The van der Waals surface area contributed by atoms with Crippen molar-refractivity contribution in [2.45, 2.75) is 0 Å². The summed E-state index contributed by atoms with van der Waals surface area (Å²) in [4.78, 5) is 37.3. The van der Waals surface area contributed by atoms with Crippen LogP contribution in [-0.4, -0.2) is 28.3 Å². The molecule has 27 heavy (non-hydrogen) atoms. The summed E-state index contributed by atoms with van der Waals surface area (Å²) in [6.07, 6.45) is 4.01. The fraction of sp³-hybridized carbons (Fsp3) is 0.0526. The molecule has 0 unspecified atom stereocenters. The third kappa shape index (κ3) is 4.21. The van der Waals surface area contributed by atoms with Crippen molar-refractivity contribution >= 4 is 46.0 Å². The number of nitrogens with one attached hydrogen (secondary N) is 1. The van der Waals surface area contributed by atoms with E-state index in [0.717, 1.165) is 17.0 Å². The molecule has 0 saturated carbocycles. The number of esters is 1. The highest BCUT2D eigenvalue weighted by atomic mass is 35.5. The zero-order valence-corrected chi connectivity index (χ0v) is 14.6. The molecule has 8 heteroatoms. The molecule has 0 aliphatic heterocycles. The van der Waals surface area contributed by atoms with Crippen LogP contribution >= 0.6 is 11.6 Å². The minimum Gasteiger partial charge on any atom is -0.454 e. The number of nitrogens with zero attached hydrogens (tertiary/aromatic N) is 1. The average Bonchev–Trinajstić information content (AvgIpc) is 3.09. The number of Topliss-reactive ketones (excluding diaryl/α,β-unsaturated/α-hetero) is 1. The SMILES string of the molecule is O=C(/C=C/c1ccc(Cl)c([N+](=O)[O-])c1)OCC(=O)c1c[nH]c2ccccc12. The average molecular weight is 385 g/mol. The van der Waals surface area contributed by atoms with E-state index in [1.807, 2.05) is 18.2 Å². The number of aromatic nitrogens is 1. The molecular weight excluding hydrogens is 372 g/mol. The fourth-order valence-electron chi connectivity index (χ4n) is 2.50. The van der Waals surface area contributed by atoms with Gasteiger partial charge in [-0.15, -0.1) is 0 Å². The lowest BCUT2D eigenvalue weighted by Crippen LogP contribution is -2.12. The molecule has 7 nitrogen and oxygen atoms in total. The topological polar surface area (TPSA) is 102 Å². The first-order valence-electron chi connectivity index (χ1n) is 7.84. The van der Waals surface area contributed by atoms with E-state index in [1.165, 1.54) is 24.3 Å². The van der Waals surface area contributed by atoms with Gasteiger partial charge in [0.2, 0.25) is 5.78 Å². The lowest BCUT2D eigenvalue weighted by molar-refractivity contribution is -0.384. The van der Waals surface area contributed by atoms with Crippen LogP contribution in [0.15, 0.2) is 54.7 Å². The van der Waals surface area contributed by atoms with Gasteiger partial charge in [0.05, 0.1) is 4.92 Å². The lowest BCUT2D eigenvalue weighted by Gasteiger charge is -2.01. The van der Waals surface area contributed by atoms with Crippen LogP contribution in [0.4, 0.5) is 5.69 Å². The Labute approximate surface area is 158 Å². The maximum absolute atomic E-state index is 12.2.